The minimum Gasteiger partial charge on any atom is -0.375 e. The molecule has 172 valence electrons. The number of carbonyl (C=O) groups is 2. The van der Waals surface area contributed by atoms with E-state index in [1.165, 1.54) is 11.3 Å². The SMILES string of the molecule is CCn1nc(C)cc1C(=O)NC[C@@H]1[C@@H]2C[C@@H]2CN1C(=O)c1nc(N)sc1-c1cccc(C)c1. The van der Waals surface area contributed by atoms with Crippen LogP contribution in [0, 0.1) is 25.7 Å². The number of likely N-dealkylation sites (tertiary alicyclic amines) is 1. The summed E-state index contributed by atoms with van der Waals surface area (Å²) in [4.78, 5) is 33.5. The lowest BCUT2D eigenvalue weighted by molar-refractivity contribution is 0.0690. The molecule has 3 heterocycles. The molecule has 1 aliphatic heterocycles. The molecule has 5 rings (SSSR count). The van der Waals surface area contributed by atoms with Crippen molar-refractivity contribution in [1.29, 1.82) is 0 Å². The zero-order valence-electron chi connectivity index (χ0n) is 19.0. The molecule has 1 saturated heterocycles. The van der Waals surface area contributed by atoms with Crippen molar-refractivity contribution in [3.8, 4) is 10.4 Å². The summed E-state index contributed by atoms with van der Waals surface area (Å²) in [5.41, 5.74) is 9.85. The van der Waals surface area contributed by atoms with Crippen LogP contribution in [0.15, 0.2) is 30.3 Å². The second kappa shape index (κ2) is 8.30. The van der Waals surface area contributed by atoms with E-state index in [0.29, 0.717) is 48.0 Å². The van der Waals surface area contributed by atoms with Gasteiger partial charge in [-0.25, -0.2) is 4.98 Å². The molecule has 2 amide bonds. The molecule has 3 N–H and O–H groups in total. The summed E-state index contributed by atoms with van der Waals surface area (Å²) in [5.74, 6) is 0.649. The van der Waals surface area contributed by atoms with Gasteiger partial charge < -0.3 is 16.0 Å². The molecule has 2 fully saturated rings. The topological polar surface area (TPSA) is 106 Å². The molecular formula is C24H28N6O2S. The molecule has 0 unspecified atom stereocenters. The van der Waals surface area contributed by atoms with Gasteiger partial charge in [-0.3, -0.25) is 14.3 Å². The number of thiazole rings is 1. The molecule has 1 aliphatic carbocycles. The van der Waals surface area contributed by atoms with Gasteiger partial charge in [0.25, 0.3) is 11.8 Å². The zero-order valence-corrected chi connectivity index (χ0v) is 19.9. The Morgan fingerprint density at radius 3 is 2.85 bits per heavy atom. The number of carbonyl (C=O) groups excluding carboxylic acids is 2. The van der Waals surface area contributed by atoms with Gasteiger partial charge in [-0.05, 0) is 50.7 Å². The van der Waals surface area contributed by atoms with Gasteiger partial charge in [-0.15, -0.1) is 0 Å². The number of nitrogens with two attached hydrogens (primary N) is 1. The molecule has 0 spiro atoms. The van der Waals surface area contributed by atoms with Crippen LogP contribution in [0.25, 0.3) is 10.4 Å². The number of amides is 2. The van der Waals surface area contributed by atoms with Crippen molar-refractivity contribution >= 4 is 28.3 Å². The number of fused-ring (bicyclic) bond motifs is 1. The lowest BCUT2D eigenvalue weighted by Crippen LogP contribution is -2.46. The summed E-state index contributed by atoms with van der Waals surface area (Å²) < 4.78 is 1.70. The predicted octanol–water partition coefficient (Wildman–Crippen LogP) is 3.12. The Bertz CT molecular complexity index is 1230. The molecular weight excluding hydrogens is 436 g/mol. The highest BCUT2D eigenvalue weighted by molar-refractivity contribution is 7.19. The number of nitrogens with one attached hydrogen (secondary N) is 1. The minimum atomic E-state index is -0.160. The zero-order chi connectivity index (χ0) is 23.3. The minimum absolute atomic E-state index is 0.0428. The summed E-state index contributed by atoms with van der Waals surface area (Å²) >= 11 is 1.34. The van der Waals surface area contributed by atoms with Crippen LogP contribution in [-0.4, -0.2) is 50.6 Å². The predicted molar refractivity (Wildman–Crippen MR) is 128 cm³/mol. The standard InChI is InChI=1S/C24H28N6O2S/c1-4-30-18(9-14(3)28-30)22(31)26-11-19-17-10-16(17)12-29(19)23(32)20-21(33-24(25)27-20)15-7-5-6-13(2)8-15/h5-9,16-17,19H,4,10-12H2,1-3H3,(H2,25,27)(H,26,31)/t16-,17-,19-/m1/s1. The number of nitrogen functional groups attached to an aromatic ring is 1. The number of hydrogen-bond acceptors (Lipinski definition) is 6. The van der Waals surface area contributed by atoms with Gasteiger partial charge >= 0.3 is 0 Å². The highest BCUT2D eigenvalue weighted by Crippen LogP contribution is 2.50. The first kappa shape index (κ1) is 21.6. The fraction of sp³-hybridized carbons (Fsp3) is 0.417. The molecule has 3 aromatic rings. The van der Waals surface area contributed by atoms with Gasteiger partial charge in [0.15, 0.2) is 5.13 Å². The molecule has 0 radical (unpaired) electrons. The van der Waals surface area contributed by atoms with Crippen molar-refractivity contribution in [2.24, 2.45) is 11.8 Å². The van der Waals surface area contributed by atoms with Gasteiger partial charge in [-0.1, -0.05) is 41.2 Å². The van der Waals surface area contributed by atoms with E-state index in [1.54, 1.807) is 10.7 Å². The van der Waals surface area contributed by atoms with Crippen molar-refractivity contribution < 1.29 is 9.59 Å². The van der Waals surface area contributed by atoms with E-state index >= 15 is 0 Å². The van der Waals surface area contributed by atoms with Crippen LogP contribution < -0.4 is 11.1 Å². The average Bonchev–Trinajstić information content (AvgIpc) is 3.11. The Labute approximate surface area is 196 Å². The van der Waals surface area contributed by atoms with Crippen molar-refractivity contribution in [2.75, 3.05) is 18.8 Å². The van der Waals surface area contributed by atoms with Crippen LogP contribution >= 0.6 is 11.3 Å². The average molecular weight is 465 g/mol. The monoisotopic (exact) mass is 464 g/mol. The third-order valence-electron chi connectivity index (χ3n) is 6.60. The van der Waals surface area contributed by atoms with Gasteiger partial charge in [0.05, 0.1) is 16.6 Å². The van der Waals surface area contributed by atoms with Gasteiger partial charge in [0.1, 0.15) is 11.4 Å². The van der Waals surface area contributed by atoms with Crippen LogP contribution in [0.2, 0.25) is 0 Å². The maximum Gasteiger partial charge on any atom is 0.274 e. The normalized spacial score (nSPS) is 21.2. The summed E-state index contributed by atoms with van der Waals surface area (Å²) in [7, 11) is 0. The first-order valence-corrected chi connectivity index (χ1v) is 12.1. The summed E-state index contributed by atoms with van der Waals surface area (Å²) in [6.07, 6.45) is 1.10. The first-order valence-electron chi connectivity index (χ1n) is 11.3. The molecule has 33 heavy (non-hydrogen) atoms. The Morgan fingerprint density at radius 2 is 2.09 bits per heavy atom. The molecule has 1 aromatic carbocycles. The van der Waals surface area contributed by atoms with E-state index in [4.69, 9.17) is 5.73 Å². The Balaban J connectivity index is 1.36. The summed E-state index contributed by atoms with van der Waals surface area (Å²) in [6, 6.07) is 9.77. The van der Waals surface area contributed by atoms with Crippen LogP contribution in [0.5, 0.6) is 0 Å². The number of piperidine rings is 1. The lowest BCUT2D eigenvalue weighted by atomic mass is 10.1. The van der Waals surface area contributed by atoms with E-state index in [9.17, 15) is 9.59 Å². The number of hydrogen-bond donors (Lipinski definition) is 2. The smallest absolute Gasteiger partial charge is 0.274 e. The van der Waals surface area contributed by atoms with Crippen LogP contribution in [0.4, 0.5) is 5.13 Å². The van der Waals surface area contributed by atoms with E-state index in [1.807, 2.05) is 49.9 Å². The fourth-order valence-electron chi connectivity index (χ4n) is 4.92. The van der Waals surface area contributed by atoms with Gasteiger partial charge in [-0.2, -0.15) is 5.10 Å². The molecule has 2 aromatic heterocycles. The maximum absolute atomic E-state index is 13.6. The first-order chi connectivity index (χ1) is 15.9. The van der Waals surface area contributed by atoms with E-state index in [0.717, 1.165) is 28.1 Å². The highest BCUT2D eigenvalue weighted by atomic mass is 32.1. The summed E-state index contributed by atoms with van der Waals surface area (Å²) in [5, 5.41) is 7.78. The third kappa shape index (κ3) is 4.01. The summed E-state index contributed by atoms with van der Waals surface area (Å²) in [6.45, 7) is 7.59. The van der Waals surface area contributed by atoms with Gasteiger partial charge in [0, 0.05) is 19.6 Å². The van der Waals surface area contributed by atoms with Crippen molar-refractivity contribution in [3.05, 3.63) is 53.0 Å². The Morgan fingerprint density at radius 1 is 1.27 bits per heavy atom. The van der Waals surface area contributed by atoms with Crippen molar-refractivity contribution in [1.82, 2.24) is 25.0 Å². The molecule has 0 bridgehead atoms. The number of aromatic nitrogens is 3. The largest absolute Gasteiger partial charge is 0.375 e. The lowest BCUT2D eigenvalue weighted by Gasteiger charge is -2.27. The molecule has 9 heteroatoms. The highest BCUT2D eigenvalue weighted by Gasteiger charge is 2.54. The number of aryl methyl sites for hydroxylation is 3. The Hall–Kier alpha value is -3.20. The van der Waals surface area contributed by atoms with Gasteiger partial charge in [0.2, 0.25) is 0 Å². The van der Waals surface area contributed by atoms with Crippen LogP contribution in [0.3, 0.4) is 0 Å². The molecule has 8 nitrogen and oxygen atoms in total. The fourth-order valence-corrected chi connectivity index (χ4v) is 5.74. The number of anilines is 1. The molecule has 1 saturated carbocycles. The van der Waals surface area contributed by atoms with E-state index < -0.39 is 0 Å². The van der Waals surface area contributed by atoms with Crippen molar-refractivity contribution in [3.63, 3.8) is 0 Å². The molecule has 2 aliphatic rings. The second-order valence-electron chi connectivity index (χ2n) is 8.98. The van der Waals surface area contributed by atoms with Crippen LogP contribution in [0.1, 0.15) is 45.6 Å². The second-order valence-corrected chi connectivity index (χ2v) is 10.0. The Kier molecular flexibility index (Phi) is 5.44. The van der Waals surface area contributed by atoms with Crippen LogP contribution in [-0.2, 0) is 6.54 Å². The quantitative estimate of drug-likeness (QED) is 0.583. The number of benzene rings is 1. The van der Waals surface area contributed by atoms with E-state index in [2.05, 4.69) is 15.4 Å². The number of nitrogens with zero attached hydrogens (tertiary/aromatic N) is 4. The number of rotatable bonds is 6. The maximum atomic E-state index is 13.6. The molecule has 3 atom stereocenters. The third-order valence-corrected chi connectivity index (χ3v) is 7.53. The van der Waals surface area contributed by atoms with Crippen molar-refractivity contribution in [2.45, 2.75) is 39.8 Å². The van der Waals surface area contributed by atoms with E-state index in [-0.39, 0.29) is 17.9 Å².